The van der Waals surface area contributed by atoms with Gasteiger partial charge in [0.05, 0.1) is 5.97 Å². The summed E-state index contributed by atoms with van der Waals surface area (Å²) in [6, 6.07) is 0. The van der Waals surface area contributed by atoms with E-state index in [9.17, 15) is 29.7 Å². The monoisotopic (exact) mass is 230 g/mol. The molecule has 0 aromatic rings. The van der Waals surface area contributed by atoms with Crippen LogP contribution in [0.25, 0.3) is 0 Å². The molecule has 82 valence electrons. The van der Waals surface area contributed by atoms with E-state index < -0.39 is 36.4 Å². The Morgan fingerprint density at radius 2 is 1.27 bits per heavy atom. The number of aliphatic hydroxyl groups is 1. The number of carbonyl (C=O) groups is 3. The first kappa shape index (κ1) is 19.8. The van der Waals surface area contributed by atoms with Gasteiger partial charge >= 0.3 is 29.6 Å². The van der Waals surface area contributed by atoms with Gasteiger partial charge in [0.2, 0.25) is 0 Å². The maximum absolute atomic E-state index is 10.1. The van der Waals surface area contributed by atoms with Gasteiger partial charge in [-0.05, 0) is 0 Å². The molecule has 9 heteroatoms. The Morgan fingerprint density at radius 1 is 1.00 bits per heavy atom. The second-order valence-corrected chi connectivity index (χ2v) is 2.42. The molecule has 0 unspecified atom stereocenters. The number of hydrogen-bond acceptors (Lipinski definition) is 7. The van der Waals surface area contributed by atoms with Crippen LogP contribution in [-0.2, 0) is 14.4 Å². The van der Waals surface area contributed by atoms with Gasteiger partial charge < -0.3 is 40.3 Å². The van der Waals surface area contributed by atoms with Crippen molar-refractivity contribution in [1.29, 1.82) is 0 Å². The minimum Gasteiger partial charge on any atom is -0.550 e. The van der Waals surface area contributed by atoms with Gasteiger partial charge in [-0.1, -0.05) is 0 Å². The minimum atomic E-state index is -2.97. The summed E-state index contributed by atoms with van der Waals surface area (Å²) in [7, 11) is 0. The van der Waals surface area contributed by atoms with Crippen molar-refractivity contribution in [3.63, 3.8) is 0 Å². The van der Waals surface area contributed by atoms with Crippen LogP contribution >= 0.6 is 0 Å². The maximum Gasteiger partial charge on any atom is 1.00 e. The molecule has 0 aromatic heterocycles. The molecule has 0 rings (SSSR count). The zero-order chi connectivity index (χ0) is 10.6. The van der Waals surface area contributed by atoms with Crippen molar-refractivity contribution in [1.82, 2.24) is 0 Å². The first-order valence-corrected chi connectivity index (χ1v) is 3.11. The maximum atomic E-state index is 10.1. The normalized spacial score (nSPS) is 9.40. The van der Waals surface area contributed by atoms with Crippen LogP contribution in [0, 0.1) is 0 Å². The molecule has 0 aromatic carbocycles. The van der Waals surface area contributed by atoms with Crippen LogP contribution in [0.5, 0.6) is 0 Å². The third-order valence-electron chi connectivity index (χ3n) is 1.25. The molecule has 0 aliphatic rings. The summed E-state index contributed by atoms with van der Waals surface area (Å²) in [5, 5.41) is 38.9. The molecule has 0 saturated carbocycles. The summed E-state index contributed by atoms with van der Waals surface area (Å²) in [5.74, 6) is -5.98. The van der Waals surface area contributed by atoms with Crippen LogP contribution in [0.4, 0.5) is 0 Å². The van der Waals surface area contributed by atoms with Crippen LogP contribution in [0.15, 0.2) is 0 Å². The molecule has 3 N–H and O–H groups in total. The minimum absolute atomic E-state index is 0. The topological polar surface area (TPSA) is 172 Å². The van der Waals surface area contributed by atoms with Gasteiger partial charge in [-0.15, -0.1) is 0 Å². The molecule has 0 bridgehead atoms. The number of aliphatic carboxylic acids is 3. The fourth-order valence-electron chi connectivity index (χ4n) is 0.684. The van der Waals surface area contributed by atoms with Gasteiger partial charge in [-0.25, -0.2) is 0 Å². The van der Waals surface area contributed by atoms with Crippen LogP contribution in [-0.4, -0.2) is 34.1 Å². The summed E-state index contributed by atoms with van der Waals surface area (Å²) < 4.78 is 0. The SMILES string of the molecule is O.O=C([O-])CC(O)(CC(=O)[O-])C(=O)[O-].[Na+]. The van der Waals surface area contributed by atoms with Gasteiger partial charge in [-0.2, -0.15) is 0 Å². The van der Waals surface area contributed by atoms with Gasteiger partial charge in [0, 0.05) is 24.8 Å². The third-order valence-corrected chi connectivity index (χ3v) is 1.25. The smallest absolute Gasteiger partial charge is 0.550 e. The van der Waals surface area contributed by atoms with E-state index in [0.717, 1.165) is 0 Å². The molecule has 0 fully saturated rings. The van der Waals surface area contributed by atoms with E-state index in [-0.39, 0.29) is 35.0 Å². The van der Waals surface area contributed by atoms with E-state index in [1.807, 2.05) is 0 Å². The molecule has 0 aliphatic heterocycles. The Morgan fingerprint density at radius 3 is 1.40 bits per heavy atom. The number of carbonyl (C=O) groups excluding carboxylic acids is 3. The zero-order valence-corrected chi connectivity index (χ0v) is 9.81. The van der Waals surface area contributed by atoms with Crippen molar-refractivity contribution in [3.8, 4) is 0 Å². The number of carboxylic acids is 3. The molecule has 8 nitrogen and oxygen atoms in total. The first-order chi connectivity index (χ1) is 5.78. The molecule has 0 amide bonds. The fourth-order valence-corrected chi connectivity index (χ4v) is 0.684. The molecule has 0 saturated heterocycles. The Balaban J connectivity index is -0.000000720. The van der Waals surface area contributed by atoms with Gasteiger partial charge in [0.15, 0.2) is 0 Å². The van der Waals surface area contributed by atoms with E-state index in [1.165, 1.54) is 0 Å². The quantitative estimate of drug-likeness (QED) is 0.456. The van der Waals surface area contributed by atoms with Crippen molar-refractivity contribution in [2.75, 3.05) is 0 Å². The largest absolute Gasteiger partial charge is 1.00 e. The predicted molar refractivity (Wildman–Crippen MR) is 32.8 cm³/mol. The molecular formula is C6H7NaO8-2. The summed E-state index contributed by atoms with van der Waals surface area (Å²) in [6.07, 6.45) is -2.72. The standard InChI is InChI=1S/C6H8O7.Na.H2O/c7-3(8)1-6(13,5(11)12)2-4(9)10;;/h13H,1-2H2,(H,7,8)(H,9,10)(H,11,12);;1H2/q;+1;/p-3. The Hall–Kier alpha value is -0.670. The molecule has 0 radical (unpaired) electrons. The van der Waals surface area contributed by atoms with Crippen molar-refractivity contribution in [2.45, 2.75) is 18.4 Å². The molecule has 15 heavy (non-hydrogen) atoms. The van der Waals surface area contributed by atoms with Crippen molar-refractivity contribution >= 4 is 17.9 Å². The molecule has 0 aliphatic carbocycles. The average Bonchev–Trinajstić information content (AvgIpc) is 1.82. The van der Waals surface area contributed by atoms with E-state index in [0.29, 0.717) is 0 Å². The molecular weight excluding hydrogens is 223 g/mol. The van der Waals surface area contributed by atoms with Crippen molar-refractivity contribution < 1.29 is 69.8 Å². The predicted octanol–water partition coefficient (Wildman–Crippen LogP) is -9.07. The molecule has 0 heterocycles. The Kier molecular flexibility index (Phi) is 10.0. The van der Waals surface area contributed by atoms with E-state index in [4.69, 9.17) is 5.11 Å². The Bertz CT molecular complexity index is 234. The first-order valence-electron chi connectivity index (χ1n) is 3.11. The Labute approximate surface area is 106 Å². The van der Waals surface area contributed by atoms with Crippen molar-refractivity contribution in [3.05, 3.63) is 0 Å². The van der Waals surface area contributed by atoms with E-state index in [2.05, 4.69) is 0 Å². The third kappa shape index (κ3) is 7.28. The molecule has 0 spiro atoms. The van der Waals surface area contributed by atoms with E-state index in [1.54, 1.807) is 0 Å². The fraction of sp³-hybridized carbons (Fsp3) is 0.500. The summed E-state index contributed by atoms with van der Waals surface area (Å²) >= 11 is 0. The average molecular weight is 230 g/mol. The van der Waals surface area contributed by atoms with Gasteiger partial charge in [-0.3, -0.25) is 0 Å². The van der Waals surface area contributed by atoms with E-state index >= 15 is 0 Å². The summed E-state index contributed by atoms with van der Waals surface area (Å²) in [4.78, 5) is 30.0. The summed E-state index contributed by atoms with van der Waals surface area (Å²) in [5.41, 5.74) is -2.97. The van der Waals surface area contributed by atoms with Crippen LogP contribution in [0.3, 0.4) is 0 Å². The zero-order valence-electron chi connectivity index (χ0n) is 7.81. The van der Waals surface area contributed by atoms with Gasteiger partial charge in [0.1, 0.15) is 5.60 Å². The van der Waals surface area contributed by atoms with Gasteiger partial charge in [0.25, 0.3) is 0 Å². The van der Waals surface area contributed by atoms with Crippen LogP contribution in [0.2, 0.25) is 0 Å². The number of carboxylic acid groups (broad SMARTS) is 3. The van der Waals surface area contributed by atoms with Crippen molar-refractivity contribution in [2.24, 2.45) is 0 Å². The molecule has 0 atom stereocenters. The number of hydrogen-bond donors (Lipinski definition) is 1. The summed E-state index contributed by atoms with van der Waals surface area (Å²) in [6.45, 7) is 0. The second-order valence-electron chi connectivity index (χ2n) is 2.42. The number of rotatable bonds is 5. The van der Waals surface area contributed by atoms with Crippen LogP contribution in [0.1, 0.15) is 12.8 Å². The van der Waals surface area contributed by atoms with Crippen LogP contribution < -0.4 is 44.9 Å². The second kappa shape index (κ2) is 7.60.